The molecule has 0 spiro atoms. The highest BCUT2D eigenvalue weighted by Crippen LogP contribution is 2.36. The molecule has 0 bridgehead atoms. The highest BCUT2D eigenvalue weighted by Gasteiger charge is 2.17. The van der Waals surface area contributed by atoms with E-state index in [1.807, 2.05) is 6.07 Å². The molecule has 4 rings (SSSR count). The zero-order chi connectivity index (χ0) is 24.2. The van der Waals surface area contributed by atoms with Gasteiger partial charge in [-0.3, -0.25) is 9.78 Å². The summed E-state index contributed by atoms with van der Waals surface area (Å²) in [6.45, 7) is 0.105. The number of aromatic nitrogens is 3. The number of halogens is 2. The average Bonchev–Trinajstić information content (AvgIpc) is 2.83. The number of rotatable bonds is 7. The Morgan fingerprint density at radius 2 is 1.76 bits per heavy atom. The fourth-order valence-electron chi connectivity index (χ4n) is 3.48. The predicted octanol–water partition coefficient (Wildman–Crippen LogP) is 4.54. The highest BCUT2D eigenvalue weighted by atomic mass is 19.1. The summed E-state index contributed by atoms with van der Waals surface area (Å²) in [6.07, 6.45) is 3.47. The Morgan fingerprint density at radius 1 is 1.03 bits per heavy atom. The fraction of sp³-hybridized carbons (Fsp3) is 0.200. The summed E-state index contributed by atoms with van der Waals surface area (Å²) in [5.74, 6) is -0.153. The Morgan fingerprint density at radius 3 is 2.41 bits per heavy atom. The van der Waals surface area contributed by atoms with Crippen molar-refractivity contribution in [1.29, 1.82) is 0 Å². The molecular formula is C25H23F2N5O2. The van der Waals surface area contributed by atoms with Crippen molar-refractivity contribution >= 4 is 22.6 Å². The molecule has 2 aromatic heterocycles. The molecule has 1 N–H and O–H groups in total. The van der Waals surface area contributed by atoms with E-state index in [9.17, 15) is 13.6 Å². The lowest BCUT2D eigenvalue weighted by molar-refractivity contribution is -0.129. The summed E-state index contributed by atoms with van der Waals surface area (Å²) in [5.41, 5.74) is 2.07. The van der Waals surface area contributed by atoms with Gasteiger partial charge in [0.15, 0.2) is 5.82 Å². The van der Waals surface area contributed by atoms with Crippen LogP contribution in [-0.2, 0) is 4.79 Å². The fourth-order valence-corrected chi connectivity index (χ4v) is 3.48. The summed E-state index contributed by atoms with van der Waals surface area (Å²) in [5, 5.41) is 3.67. The van der Waals surface area contributed by atoms with Crippen molar-refractivity contribution in [3.8, 4) is 28.3 Å². The molecule has 0 unspecified atom stereocenters. The van der Waals surface area contributed by atoms with Crippen molar-refractivity contribution in [3.05, 3.63) is 66.5 Å². The summed E-state index contributed by atoms with van der Waals surface area (Å²) in [7, 11) is 5.06. The van der Waals surface area contributed by atoms with Crippen LogP contribution in [0.25, 0.3) is 33.4 Å². The summed E-state index contributed by atoms with van der Waals surface area (Å²) in [6, 6.07) is 10.3. The first-order chi connectivity index (χ1) is 16.4. The maximum absolute atomic E-state index is 13.9. The van der Waals surface area contributed by atoms with Crippen LogP contribution in [0.1, 0.15) is 6.42 Å². The van der Waals surface area contributed by atoms with Crippen LogP contribution in [0, 0.1) is 11.6 Å². The van der Waals surface area contributed by atoms with Gasteiger partial charge in [-0.05, 0) is 47.5 Å². The second kappa shape index (κ2) is 9.78. The third-order valence-corrected chi connectivity index (χ3v) is 5.19. The van der Waals surface area contributed by atoms with Crippen molar-refractivity contribution in [3.63, 3.8) is 0 Å². The number of nitrogens with one attached hydrogen (secondary N) is 1. The number of hydrogen-bond donors (Lipinski definition) is 1. The molecule has 0 aliphatic rings. The SMILES string of the molecule is CNc1nc(-c2cccnc2)nc2c(OCCC(=O)N(C)C)cc(-c3cc(F)cc(F)c3)cc12. The van der Waals surface area contributed by atoms with Gasteiger partial charge in [0, 0.05) is 50.6 Å². The molecule has 0 saturated heterocycles. The molecule has 0 radical (unpaired) electrons. The van der Waals surface area contributed by atoms with E-state index >= 15 is 0 Å². The Labute approximate surface area is 195 Å². The van der Waals surface area contributed by atoms with Gasteiger partial charge in [-0.25, -0.2) is 18.7 Å². The molecule has 0 aliphatic heterocycles. The predicted molar refractivity (Wildman–Crippen MR) is 126 cm³/mol. The standard InChI is InChI=1S/C25H23F2N5O2/c1-28-25-20-11-17(16-9-18(26)13-19(27)10-16)12-21(34-8-6-22(33)32(2)3)23(20)30-24(31-25)15-5-4-7-29-14-15/h4-5,7,9-14H,6,8H2,1-3H3,(H,28,30,31). The van der Waals surface area contributed by atoms with Crippen LogP contribution >= 0.6 is 0 Å². The minimum Gasteiger partial charge on any atom is -0.491 e. The molecule has 1 amide bonds. The molecule has 34 heavy (non-hydrogen) atoms. The average molecular weight is 463 g/mol. The Balaban J connectivity index is 1.88. The highest BCUT2D eigenvalue weighted by molar-refractivity contribution is 5.97. The minimum absolute atomic E-state index is 0.0887. The van der Waals surface area contributed by atoms with Crippen LogP contribution in [-0.4, -0.2) is 53.5 Å². The van der Waals surface area contributed by atoms with Gasteiger partial charge >= 0.3 is 0 Å². The number of carbonyl (C=O) groups is 1. The maximum Gasteiger partial charge on any atom is 0.225 e. The van der Waals surface area contributed by atoms with E-state index in [0.29, 0.717) is 45.0 Å². The minimum atomic E-state index is -0.689. The van der Waals surface area contributed by atoms with E-state index < -0.39 is 11.6 Å². The zero-order valence-electron chi connectivity index (χ0n) is 19.0. The number of pyridine rings is 1. The van der Waals surface area contributed by atoms with Crippen LogP contribution in [0.2, 0.25) is 0 Å². The molecule has 9 heteroatoms. The van der Waals surface area contributed by atoms with Crippen molar-refractivity contribution in [1.82, 2.24) is 19.9 Å². The second-order valence-electron chi connectivity index (χ2n) is 7.80. The van der Waals surface area contributed by atoms with Crippen LogP contribution in [0.3, 0.4) is 0 Å². The van der Waals surface area contributed by atoms with E-state index in [-0.39, 0.29) is 18.9 Å². The molecule has 174 valence electrons. The van der Waals surface area contributed by atoms with Crippen molar-refractivity contribution < 1.29 is 18.3 Å². The number of nitrogens with zero attached hydrogens (tertiary/aromatic N) is 4. The Hall–Kier alpha value is -4.14. The number of carbonyl (C=O) groups excluding carboxylic acids is 1. The first-order valence-corrected chi connectivity index (χ1v) is 10.6. The number of amides is 1. The van der Waals surface area contributed by atoms with Gasteiger partial charge in [0.25, 0.3) is 0 Å². The first-order valence-electron chi connectivity index (χ1n) is 10.6. The van der Waals surface area contributed by atoms with Crippen LogP contribution in [0.15, 0.2) is 54.9 Å². The maximum atomic E-state index is 13.9. The molecule has 0 atom stereocenters. The van der Waals surface area contributed by atoms with E-state index in [4.69, 9.17) is 9.72 Å². The molecule has 0 aliphatic carbocycles. The summed E-state index contributed by atoms with van der Waals surface area (Å²) in [4.78, 5) is 26.9. The molecule has 2 aromatic carbocycles. The van der Waals surface area contributed by atoms with Crippen molar-refractivity contribution in [2.75, 3.05) is 33.1 Å². The summed E-state index contributed by atoms with van der Waals surface area (Å²) >= 11 is 0. The molecule has 0 saturated carbocycles. The largest absolute Gasteiger partial charge is 0.491 e. The molecule has 0 fully saturated rings. The number of fused-ring (bicyclic) bond motifs is 1. The van der Waals surface area contributed by atoms with Gasteiger partial charge < -0.3 is 15.0 Å². The van der Waals surface area contributed by atoms with E-state index in [1.165, 1.54) is 17.0 Å². The monoisotopic (exact) mass is 463 g/mol. The van der Waals surface area contributed by atoms with Gasteiger partial charge in [-0.15, -0.1) is 0 Å². The first kappa shape index (κ1) is 23.0. The third-order valence-electron chi connectivity index (χ3n) is 5.19. The Bertz CT molecular complexity index is 1330. The van der Waals surface area contributed by atoms with Crippen molar-refractivity contribution in [2.24, 2.45) is 0 Å². The topological polar surface area (TPSA) is 80.2 Å². The van der Waals surface area contributed by atoms with Crippen LogP contribution in [0.5, 0.6) is 5.75 Å². The van der Waals surface area contributed by atoms with E-state index in [1.54, 1.807) is 51.7 Å². The molecular weight excluding hydrogens is 440 g/mol. The zero-order valence-corrected chi connectivity index (χ0v) is 19.0. The number of ether oxygens (including phenoxy) is 1. The van der Waals surface area contributed by atoms with Crippen LogP contribution < -0.4 is 10.1 Å². The van der Waals surface area contributed by atoms with Gasteiger partial charge in [0.1, 0.15) is 28.7 Å². The van der Waals surface area contributed by atoms with Crippen LogP contribution in [0.4, 0.5) is 14.6 Å². The second-order valence-corrected chi connectivity index (χ2v) is 7.80. The number of hydrogen-bond acceptors (Lipinski definition) is 6. The molecule has 7 nitrogen and oxygen atoms in total. The Kier molecular flexibility index (Phi) is 6.62. The lowest BCUT2D eigenvalue weighted by Gasteiger charge is -2.16. The van der Waals surface area contributed by atoms with Gasteiger partial charge in [0.2, 0.25) is 5.91 Å². The van der Waals surface area contributed by atoms with Crippen molar-refractivity contribution in [2.45, 2.75) is 6.42 Å². The molecule has 4 aromatic rings. The van der Waals surface area contributed by atoms with E-state index in [2.05, 4.69) is 15.3 Å². The quantitative estimate of drug-likeness (QED) is 0.434. The smallest absolute Gasteiger partial charge is 0.225 e. The summed E-state index contributed by atoms with van der Waals surface area (Å²) < 4.78 is 33.8. The van der Waals surface area contributed by atoms with Gasteiger partial charge in [0.05, 0.1) is 13.0 Å². The lowest BCUT2D eigenvalue weighted by Crippen LogP contribution is -2.23. The number of anilines is 1. The molecule has 2 heterocycles. The van der Waals surface area contributed by atoms with Gasteiger partial charge in [-0.1, -0.05) is 0 Å². The lowest BCUT2D eigenvalue weighted by atomic mass is 10.0. The van der Waals surface area contributed by atoms with Gasteiger partial charge in [-0.2, -0.15) is 0 Å². The number of benzene rings is 2. The van der Waals surface area contributed by atoms with E-state index in [0.717, 1.165) is 6.07 Å². The normalized spacial score (nSPS) is 10.9. The third kappa shape index (κ3) is 4.93.